The minimum Gasteiger partial charge on any atom is -0.490 e. The van der Waals surface area contributed by atoms with Crippen molar-refractivity contribution < 1.29 is 37.3 Å². The average Bonchev–Trinajstić information content (AvgIpc) is 3.47. The molecule has 6 fully saturated rings. The maximum Gasteiger partial charge on any atom is 0.434 e. The monoisotopic (exact) mass is 757 g/mol. The number of hydrogen-bond acceptors (Lipinski definition) is 10. The number of fused-ring (bicyclic) bond motifs is 2. The summed E-state index contributed by atoms with van der Waals surface area (Å²) in [6.07, 6.45) is 4.50. The van der Waals surface area contributed by atoms with Crippen molar-refractivity contribution in [2.75, 3.05) is 42.6 Å². The van der Waals surface area contributed by atoms with Crippen LogP contribution in [0.25, 0.3) is 0 Å². The molecule has 1 spiro atoms. The van der Waals surface area contributed by atoms with Gasteiger partial charge in [-0.3, -0.25) is 4.79 Å². The number of benzene rings is 1. The first-order valence-electron chi connectivity index (χ1n) is 19.2. The number of aromatic nitrogens is 3. The fourth-order valence-corrected chi connectivity index (χ4v) is 10.9. The normalized spacial score (nSPS) is 28.2. The van der Waals surface area contributed by atoms with Crippen LogP contribution in [-0.4, -0.2) is 76.4 Å². The molecule has 288 valence electrons. The van der Waals surface area contributed by atoms with Crippen LogP contribution in [0, 0.1) is 35.0 Å². The Kier molecular flexibility index (Phi) is 8.67. The number of nitrogens with one attached hydrogen (secondary N) is 1. The van der Waals surface area contributed by atoms with Crippen molar-refractivity contribution in [3.63, 3.8) is 0 Å². The van der Waals surface area contributed by atoms with Crippen molar-refractivity contribution >= 4 is 29.3 Å². The van der Waals surface area contributed by atoms with Gasteiger partial charge in [0.05, 0.1) is 11.1 Å². The zero-order valence-corrected chi connectivity index (χ0v) is 30.2. The molecule has 2 aromatic heterocycles. The minimum atomic E-state index is -5.07. The second kappa shape index (κ2) is 13.4. The molecule has 15 heteroatoms. The van der Waals surface area contributed by atoms with E-state index in [0.29, 0.717) is 81.0 Å². The number of carboxylic acids is 1. The van der Waals surface area contributed by atoms with Crippen LogP contribution in [0.2, 0.25) is 0 Å². The van der Waals surface area contributed by atoms with Gasteiger partial charge in [-0.25, -0.2) is 19.7 Å². The predicted octanol–water partition coefficient (Wildman–Crippen LogP) is 6.02. The number of carbonyl (C=O) groups excluding carboxylic acids is 1. The Labute approximate surface area is 316 Å². The zero-order valence-electron chi connectivity index (χ0n) is 30.2. The predicted molar refractivity (Wildman–Crippen MR) is 192 cm³/mol. The van der Waals surface area contributed by atoms with Crippen molar-refractivity contribution in [2.45, 2.75) is 81.0 Å². The number of ether oxygens (including phenoxy) is 2. The number of pyridine rings is 1. The van der Waals surface area contributed by atoms with E-state index in [-0.39, 0.29) is 35.9 Å². The van der Waals surface area contributed by atoms with Gasteiger partial charge < -0.3 is 29.7 Å². The largest absolute Gasteiger partial charge is 0.490 e. The topological polar surface area (TPSA) is 154 Å². The summed E-state index contributed by atoms with van der Waals surface area (Å²) in [6.45, 7) is 2.62. The van der Waals surface area contributed by atoms with Crippen molar-refractivity contribution in [1.82, 2.24) is 20.3 Å². The Bertz CT molecular complexity index is 2010. The lowest BCUT2D eigenvalue weighted by molar-refractivity contribution is -0.163. The average molecular weight is 758 g/mol. The molecular formula is C40H42F3N7O5. The van der Waals surface area contributed by atoms with Gasteiger partial charge in [-0.2, -0.15) is 18.4 Å². The lowest BCUT2D eigenvalue weighted by Gasteiger charge is -2.59. The lowest BCUT2D eigenvalue weighted by atomic mass is 9.48. The third-order valence-corrected chi connectivity index (χ3v) is 13.3. The van der Waals surface area contributed by atoms with E-state index in [1.807, 2.05) is 18.2 Å². The number of piperidine rings is 1. The molecule has 7 aliphatic rings. The summed E-state index contributed by atoms with van der Waals surface area (Å²) in [7, 11) is 0. The van der Waals surface area contributed by atoms with Gasteiger partial charge in [0.25, 0.3) is 5.91 Å². The molecule has 5 heterocycles. The smallest absolute Gasteiger partial charge is 0.434 e. The van der Waals surface area contributed by atoms with Crippen molar-refractivity contribution in [3.05, 3.63) is 65.1 Å². The van der Waals surface area contributed by atoms with E-state index in [0.717, 1.165) is 44.0 Å². The summed E-state index contributed by atoms with van der Waals surface area (Å²) < 4.78 is 57.1. The number of rotatable bonds is 7. The summed E-state index contributed by atoms with van der Waals surface area (Å²) in [6, 6.07) is 10.3. The number of halogens is 3. The summed E-state index contributed by atoms with van der Waals surface area (Å²) in [5.41, 5.74) is -3.20. The van der Waals surface area contributed by atoms with Crippen LogP contribution < -0.4 is 19.9 Å². The highest BCUT2D eigenvalue weighted by Gasteiger charge is 2.62. The number of hydrogen-bond donors (Lipinski definition) is 2. The maximum absolute atomic E-state index is 15.0. The number of amides is 1. The zero-order chi connectivity index (χ0) is 38.1. The number of alkyl halides is 3. The molecule has 0 atom stereocenters. The number of aliphatic carboxylic acids is 1. The Hall–Kier alpha value is -4.97. The number of anilines is 3. The molecule has 55 heavy (non-hydrogen) atoms. The first kappa shape index (κ1) is 35.7. The third kappa shape index (κ3) is 6.04. The SMILES string of the molecule is N#Cc1cc(C(=O)NC2(C(=O)O)C3CC4CC(C3)CC2C4)c(C(F)(F)F)nc1N1CC2(CCOCC2)c2cc(OC3CCN(c4ncccn4)CC3)ccc21. The second-order valence-corrected chi connectivity index (χ2v) is 16.3. The van der Waals surface area contributed by atoms with Gasteiger partial charge in [-0.1, -0.05) is 0 Å². The summed E-state index contributed by atoms with van der Waals surface area (Å²) in [5.74, 6) is -1.29. The molecule has 3 aromatic rings. The molecule has 4 aliphatic carbocycles. The third-order valence-electron chi connectivity index (χ3n) is 13.3. The van der Waals surface area contributed by atoms with E-state index in [1.54, 1.807) is 29.4 Å². The molecule has 4 bridgehead atoms. The van der Waals surface area contributed by atoms with Gasteiger partial charge in [0.15, 0.2) is 11.5 Å². The van der Waals surface area contributed by atoms with Crippen LogP contribution in [0.15, 0.2) is 42.7 Å². The van der Waals surface area contributed by atoms with E-state index in [1.165, 1.54) is 0 Å². The molecule has 1 aromatic carbocycles. The van der Waals surface area contributed by atoms with Crippen molar-refractivity contribution in [2.24, 2.45) is 23.7 Å². The van der Waals surface area contributed by atoms with Crippen molar-refractivity contribution in [1.29, 1.82) is 5.26 Å². The van der Waals surface area contributed by atoms with E-state index in [9.17, 15) is 33.1 Å². The van der Waals surface area contributed by atoms with Gasteiger partial charge in [0, 0.05) is 69.2 Å². The van der Waals surface area contributed by atoms with Gasteiger partial charge in [0.1, 0.15) is 23.5 Å². The second-order valence-electron chi connectivity index (χ2n) is 16.3. The number of carbonyl (C=O) groups is 2. The summed E-state index contributed by atoms with van der Waals surface area (Å²) in [5, 5.41) is 23.6. The van der Waals surface area contributed by atoms with E-state index >= 15 is 0 Å². The molecule has 1 amide bonds. The van der Waals surface area contributed by atoms with E-state index < -0.39 is 40.3 Å². The summed E-state index contributed by atoms with van der Waals surface area (Å²) >= 11 is 0. The molecular weight excluding hydrogens is 715 g/mol. The molecule has 3 aliphatic heterocycles. The standard InChI is InChI=1S/C40H42F3N7O5/c41-40(42,43)33-30(35(51)48-39(36(52)53)26-15-23-14-24(17-26)18-27(39)16-23)19-25(21-44)34(47-33)50-22-38(6-12-54-13-7-38)31-20-29(2-3-32(31)50)55-28-4-10-49(11-5-28)37-45-8-1-9-46-37/h1-3,8-9,19-20,23-24,26-28H,4-7,10-18,22H2,(H,48,51)(H,52,53). The molecule has 0 unspecified atom stereocenters. The van der Waals surface area contributed by atoms with Crippen LogP contribution in [-0.2, 0) is 21.1 Å². The minimum absolute atomic E-state index is 0.0554. The fraction of sp³-hybridized carbons (Fsp3) is 0.550. The number of nitriles is 1. The quantitative estimate of drug-likeness (QED) is 0.291. The first-order valence-corrected chi connectivity index (χ1v) is 19.2. The van der Waals surface area contributed by atoms with Gasteiger partial charge in [0.2, 0.25) is 5.95 Å². The summed E-state index contributed by atoms with van der Waals surface area (Å²) in [4.78, 5) is 43.5. The molecule has 12 nitrogen and oxygen atoms in total. The van der Waals surface area contributed by atoms with E-state index in [2.05, 4.69) is 25.2 Å². The van der Waals surface area contributed by atoms with E-state index in [4.69, 9.17) is 9.47 Å². The number of carboxylic acid groups (broad SMARTS) is 1. The fourth-order valence-electron chi connectivity index (χ4n) is 10.9. The number of nitrogens with zero attached hydrogens (tertiary/aromatic N) is 6. The lowest BCUT2D eigenvalue weighted by Crippen LogP contribution is -2.70. The molecule has 2 saturated heterocycles. The van der Waals surface area contributed by atoms with Crippen molar-refractivity contribution in [3.8, 4) is 11.8 Å². The van der Waals surface area contributed by atoms with Gasteiger partial charge in [-0.15, -0.1) is 0 Å². The maximum atomic E-state index is 15.0. The molecule has 10 rings (SSSR count). The van der Waals surface area contributed by atoms with Crippen LogP contribution >= 0.6 is 0 Å². The highest BCUT2D eigenvalue weighted by molar-refractivity contribution is 6.00. The van der Waals surface area contributed by atoms with Gasteiger partial charge >= 0.3 is 12.1 Å². The van der Waals surface area contributed by atoms with Gasteiger partial charge in [-0.05, 0) is 105 Å². The van der Waals surface area contributed by atoms with Crippen LogP contribution in [0.1, 0.15) is 85.0 Å². The highest BCUT2D eigenvalue weighted by atomic mass is 19.4. The Morgan fingerprint density at radius 2 is 1.67 bits per heavy atom. The Morgan fingerprint density at radius 3 is 2.29 bits per heavy atom. The molecule has 2 N–H and O–H groups in total. The van der Waals surface area contributed by atoms with Crippen LogP contribution in [0.3, 0.4) is 0 Å². The Morgan fingerprint density at radius 1 is 1.00 bits per heavy atom. The highest BCUT2D eigenvalue weighted by Crippen LogP contribution is 2.59. The Balaban J connectivity index is 1.03. The first-order chi connectivity index (χ1) is 26.5. The molecule has 4 saturated carbocycles. The van der Waals surface area contributed by atoms with Crippen LogP contribution in [0.5, 0.6) is 5.75 Å². The van der Waals surface area contributed by atoms with Crippen LogP contribution in [0.4, 0.5) is 30.6 Å². The molecule has 0 radical (unpaired) electrons.